The van der Waals surface area contributed by atoms with Crippen molar-refractivity contribution in [2.24, 2.45) is 0 Å². The van der Waals surface area contributed by atoms with Gasteiger partial charge in [0.1, 0.15) is 0 Å². The largest absolute Gasteiger partial charge is 0.481 e. The monoisotopic (exact) mass is 324 g/mol. The van der Waals surface area contributed by atoms with Gasteiger partial charge in [0.05, 0.1) is 0 Å². The summed E-state index contributed by atoms with van der Waals surface area (Å²) in [4.78, 5) is 65.7. The average Bonchev–Trinajstić information content (AvgIpc) is 2.29. The number of carboxylic acids is 4. The zero-order valence-electron chi connectivity index (χ0n) is 12.1. The Hall–Kier alpha value is -3.11. The molecule has 0 aromatic carbocycles. The van der Waals surface area contributed by atoms with Gasteiger partial charge in [0.25, 0.3) is 5.97 Å². The fraction of sp³-hybridized carbons (Fsp3) is 0.364. The van der Waals surface area contributed by atoms with Crippen LogP contribution in [0, 0.1) is 0 Å². The number of carbonyl (C=O) groups is 7. The van der Waals surface area contributed by atoms with Gasteiger partial charge in [0, 0.05) is 27.7 Å². The molecular formula is C11H16O11. The number of carboxylic acid groups (broad SMARTS) is 4. The SMILES string of the molecule is CC(=O)C(=O)O.CC(=O)C(=O)O.CC(=O)C(=O)O.CC(=O)O. The highest BCUT2D eigenvalue weighted by Crippen LogP contribution is 1.62. The van der Waals surface area contributed by atoms with Crippen molar-refractivity contribution >= 4 is 41.2 Å². The Labute approximate surface area is 124 Å². The van der Waals surface area contributed by atoms with Gasteiger partial charge in [0.15, 0.2) is 0 Å². The summed E-state index contributed by atoms with van der Waals surface area (Å²) in [5.41, 5.74) is 0. The van der Waals surface area contributed by atoms with Gasteiger partial charge >= 0.3 is 17.9 Å². The van der Waals surface area contributed by atoms with Crippen LogP contribution in [0.2, 0.25) is 0 Å². The Morgan fingerprint density at radius 1 is 0.455 bits per heavy atom. The molecular weight excluding hydrogens is 308 g/mol. The number of ketones is 3. The maximum atomic E-state index is 9.54. The normalized spacial score (nSPS) is 7.27. The third kappa shape index (κ3) is 54.0. The van der Waals surface area contributed by atoms with Crippen LogP contribution in [-0.2, 0) is 33.6 Å². The van der Waals surface area contributed by atoms with E-state index in [-0.39, 0.29) is 0 Å². The van der Waals surface area contributed by atoms with Gasteiger partial charge in [-0.25, -0.2) is 14.4 Å². The minimum absolute atomic E-state index is 0.824. The van der Waals surface area contributed by atoms with Crippen molar-refractivity contribution in [1.29, 1.82) is 0 Å². The van der Waals surface area contributed by atoms with E-state index in [9.17, 15) is 28.8 Å². The van der Waals surface area contributed by atoms with Crippen LogP contribution in [-0.4, -0.2) is 61.7 Å². The summed E-state index contributed by atoms with van der Waals surface area (Å²) in [6.07, 6.45) is 0. The van der Waals surface area contributed by atoms with Crippen LogP contribution in [0.3, 0.4) is 0 Å². The van der Waals surface area contributed by atoms with Crippen molar-refractivity contribution in [2.45, 2.75) is 27.7 Å². The van der Waals surface area contributed by atoms with E-state index in [0.717, 1.165) is 27.7 Å². The fourth-order valence-corrected chi connectivity index (χ4v) is 0. The lowest BCUT2D eigenvalue weighted by Crippen LogP contribution is -2.05. The molecule has 0 aliphatic rings. The molecule has 0 aromatic rings. The van der Waals surface area contributed by atoms with Crippen LogP contribution in [0.15, 0.2) is 0 Å². The summed E-state index contributed by atoms with van der Waals surface area (Å²) < 4.78 is 0. The Kier molecular flexibility index (Phi) is 19.8. The molecule has 0 spiro atoms. The molecule has 126 valence electrons. The molecule has 0 rings (SSSR count). The molecule has 11 heteroatoms. The summed E-state index contributed by atoms with van der Waals surface area (Å²) in [7, 11) is 0. The van der Waals surface area contributed by atoms with Crippen molar-refractivity contribution in [3.05, 3.63) is 0 Å². The first-order chi connectivity index (χ1) is 9.66. The first kappa shape index (κ1) is 27.3. The summed E-state index contributed by atoms with van der Waals surface area (Å²) in [6, 6.07) is 0. The van der Waals surface area contributed by atoms with E-state index in [1.54, 1.807) is 0 Å². The Morgan fingerprint density at radius 3 is 0.500 bits per heavy atom. The van der Waals surface area contributed by atoms with Gasteiger partial charge in [-0.05, 0) is 0 Å². The molecule has 0 radical (unpaired) electrons. The van der Waals surface area contributed by atoms with E-state index in [2.05, 4.69) is 0 Å². The van der Waals surface area contributed by atoms with Crippen LogP contribution in [0.1, 0.15) is 27.7 Å². The minimum atomic E-state index is -1.38. The molecule has 22 heavy (non-hydrogen) atoms. The average molecular weight is 324 g/mol. The van der Waals surface area contributed by atoms with Gasteiger partial charge in [-0.1, -0.05) is 0 Å². The maximum absolute atomic E-state index is 9.54. The van der Waals surface area contributed by atoms with E-state index >= 15 is 0 Å². The second kappa shape index (κ2) is 15.9. The summed E-state index contributed by atoms with van der Waals surface area (Å²) >= 11 is 0. The quantitative estimate of drug-likeness (QED) is 0.467. The van der Waals surface area contributed by atoms with Crippen molar-refractivity contribution in [2.75, 3.05) is 0 Å². The summed E-state index contributed by atoms with van der Waals surface area (Å²) in [5, 5.41) is 30.3. The van der Waals surface area contributed by atoms with Gasteiger partial charge in [-0.2, -0.15) is 0 Å². The maximum Gasteiger partial charge on any atom is 0.371 e. The molecule has 4 N–H and O–H groups in total. The van der Waals surface area contributed by atoms with Gasteiger partial charge in [-0.15, -0.1) is 0 Å². The van der Waals surface area contributed by atoms with Crippen molar-refractivity contribution < 1.29 is 54.0 Å². The highest BCUT2D eigenvalue weighted by atomic mass is 16.4. The Balaban J connectivity index is -0.0000000994. The second-order valence-corrected chi connectivity index (χ2v) is 3.10. The summed E-state index contributed by atoms with van der Waals surface area (Å²) in [5.74, 6) is -7.44. The molecule has 0 bridgehead atoms. The van der Waals surface area contributed by atoms with Gasteiger partial charge in [-0.3, -0.25) is 19.2 Å². The van der Waals surface area contributed by atoms with E-state index in [1.807, 2.05) is 0 Å². The Morgan fingerprint density at radius 2 is 0.500 bits per heavy atom. The topological polar surface area (TPSA) is 200 Å². The third-order valence-electron chi connectivity index (χ3n) is 0.904. The number of hydrogen-bond acceptors (Lipinski definition) is 7. The van der Waals surface area contributed by atoms with Crippen molar-refractivity contribution in [3.63, 3.8) is 0 Å². The number of aliphatic carboxylic acids is 4. The molecule has 0 aliphatic carbocycles. The molecule has 0 saturated heterocycles. The smallest absolute Gasteiger partial charge is 0.371 e. The number of rotatable bonds is 3. The molecule has 0 atom stereocenters. The lowest BCUT2D eigenvalue weighted by atomic mass is 10.5. The van der Waals surface area contributed by atoms with E-state index < -0.39 is 41.2 Å². The third-order valence-corrected chi connectivity index (χ3v) is 0.904. The predicted molar refractivity (Wildman–Crippen MR) is 68.3 cm³/mol. The predicted octanol–water partition coefficient (Wildman–Crippen LogP) is -0.929. The molecule has 0 aliphatic heterocycles. The zero-order chi connectivity index (χ0) is 19.0. The van der Waals surface area contributed by atoms with Crippen LogP contribution in [0.4, 0.5) is 0 Å². The number of Topliss-reactive ketones (excluding diaryl/α,β-unsaturated/α-hetero) is 3. The molecule has 0 amide bonds. The van der Waals surface area contributed by atoms with Gasteiger partial charge < -0.3 is 20.4 Å². The highest BCUT2D eigenvalue weighted by Gasteiger charge is 1.99. The standard InChI is InChI=1S/3C3H4O3.C2H4O2/c3*1-2(4)3(5)6;1-2(3)4/h3*1H3,(H,5,6);1H3,(H,3,4). The molecule has 0 unspecified atom stereocenters. The lowest BCUT2D eigenvalue weighted by Gasteiger charge is -1.73. The first-order valence-electron chi connectivity index (χ1n) is 5.07. The lowest BCUT2D eigenvalue weighted by molar-refractivity contribution is -0.148. The molecule has 0 saturated carbocycles. The van der Waals surface area contributed by atoms with Gasteiger partial charge in [0.2, 0.25) is 17.3 Å². The zero-order valence-corrected chi connectivity index (χ0v) is 12.1. The minimum Gasteiger partial charge on any atom is -0.481 e. The van der Waals surface area contributed by atoms with E-state index in [4.69, 9.17) is 25.2 Å². The summed E-state index contributed by atoms with van der Waals surface area (Å²) in [6.45, 7) is 4.09. The molecule has 11 nitrogen and oxygen atoms in total. The van der Waals surface area contributed by atoms with E-state index in [0.29, 0.717) is 0 Å². The highest BCUT2D eigenvalue weighted by molar-refractivity contribution is 6.32. The van der Waals surface area contributed by atoms with Crippen molar-refractivity contribution in [1.82, 2.24) is 0 Å². The number of hydrogen-bond donors (Lipinski definition) is 4. The number of carbonyl (C=O) groups excluding carboxylic acids is 3. The van der Waals surface area contributed by atoms with Crippen molar-refractivity contribution in [3.8, 4) is 0 Å². The molecule has 0 fully saturated rings. The molecule has 0 heterocycles. The first-order valence-corrected chi connectivity index (χ1v) is 5.07. The molecule has 0 aromatic heterocycles. The van der Waals surface area contributed by atoms with Crippen LogP contribution < -0.4 is 0 Å². The van der Waals surface area contributed by atoms with E-state index in [1.165, 1.54) is 0 Å². The fourth-order valence-electron chi connectivity index (χ4n) is 0. The second-order valence-electron chi connectivity index (χ2n) is 3.10. The Bertz CT molecular complexity index is 350. The van der Waals surface area contributed by atoms with Crippen LogP contribution in [0.25, 0.3) is 0 Å². The van der Waals surface area contributed by atoms with Crippen LogP contribution in [0.5, 0.6) is 0 Å². The van der Waals surface area contributed by atoms with Crippen LogP contribution >= 0.6 is 0 Å².